The third kappa shape index (κ3) is 6.78. The Bertz CT molecular complexity index is 1370. The summed E-state index contributed by atoms with van der Waals surface area (Å²) in [5, 5.41) is 10.2. The van der Waals surface area contributed by atoms with E-state index in [-0.39, 0.29) is 0 Å². The molecule has 4 nitrogen and oxygen atoms in total. The second-order valence-electron chi connectivity index (χ2n) is 9.27. The summed E-state index contributed by atoms with van der Waals surface area (Å²) in [4.78, 5) is 4.50. The largest absolute Gasteiger partial charge is 0.388 e. The van der Waals surface area contributed by atoms with Gasteiger partial charge in [-0.05, 0) is 72.9 Å². The number of aryl methyl sites for hydroxylation is 1. The van der Waals surface area contributed by atoms with Crippen molar-refractivity contribution in [2.75, 3.05) is 30.8 Å². The molecule has 1 aromatic heterocycles. The first kappa shape index (κ1) is 28.4. The van der Waals surface area contributed by atoms with Crippen LogP contribution in [0.15, 0.2) is 104 Å². The van der Waals surface area contributed by atoms with Gasteiger partial charge in [0.05, 0.1) is 11.9 Å². The fourth-order valence-corrected chi connectivity index (χ4v) is 4.25. The Labute approximate surface area is 228 Å². The molecule has 4 heteroatoms. The van der Waals surface area contributed by atoms with Gasteiger partial charge < -0.3 is 16.0 Å². The fraction of sp³-hybridized carbons (Fsp3) is 0.206. The Kier molecular flexibility index (Phi) is 10.0. The number of pyridine rings is 1. The van der Waals surface area contributed by atoms with Crippen molar-refractivity contribution in [1.82, 2.24) is 10.3 Å². The number of nitrogens with one attached hydrogen (secondary N) is 3. The molecule has 0 saturated carbocycles. The minimum Gasteiger partial charge on any atom is -0.388 e. The molecule has 0 unspecified atom stereocenters. The van der Waals surface area contributed by atoms with E-state index in [9.17, 15) is 0 Å². The molecule has 0 spiro atoms. The summed E-state index contributed by atoms with van der Waals surface area (Å²) in [7, 11) is 1.92. The van der Waals surface area contributed by atoms with Gasteiger partial charge in [-0.2, -0.15) is 0 Å². The molecule has 0 aliphatic carbocycles. The first-order chi connectivity index (χ1) is 18.3. The van der Waals surface area contributed by atoms with Crippen LogP contribution in [0.25, 0.3) is 22.3 Å². The molecule has 38 heavy (non-hydrogen) atoms. The minimum absolute atomic E-state index is 0.723. The van der Waals surface area contributed by atoms with Gasteiger partial charge in [0.25, 0.3) is 0 Å². The van der Waals surface area contributed by atoms with Gasteiger partial charge in [-0.25, -0.2) is 0 Å². The number of hydrogen-bond donors (Lipinski definition) is 3. The number of allylic oxidation sites excluding steroid dienone is 4. The smallest absolute Gasteiger partial charge is 0.0606 e. The van der Waals surface area contributed by atoms with E-state index in [1.165, 1.54) is 5.56 Å². The molecule has 0 fully saturated rings. The molecule has 3 N–H and O–H groups in total. The molecule has 0 aliphatic rings. The van der Waals surface area contributed by atoms with E-state index in [4.69, 9.17) is 0 Å². The van der Waals surface area contributed by atoms with Gasteiger partial charge in [-0.3, -0.25) is 4.98 Å². The monoisotopic (exact) mass is 504 g/mol. The van der Waals surface area contributed by atoms with Crippen molar-refractivity contribution in [3.05, 3.63) is 126 Å². The Hall–Kier alpha value is -4.15. The summed E-state index contributed by atoms with van der Waals surface area (Å²) < 4.78 is 0. The summed E-state index contributed by atoms with van der Waals surface area (Å²) in [6.45, 7) is 22.8. The molecule has 3 rings (SSSR count). The van der Waals surface area contributed by atoms with Crippen LogP contribution < -0.4 is 16.0 Å². The van der Waals surface area contributed by atoms with Crippen LogP contribution in [0, 0.1) is 13.8 Å². The van der Waals surface area contributed by atoms with Crippen molar-refractivity contribution in [2.45, 2.75) is 27.7 Å². The zero-order valence-corrected chi connectivity index (χ0v) is 23.4. The molecule has 0 aliphatic heterocycles. The summed E-state index contributed by atoms with van der Waals surface area (Å²) >= 11 is 0. The molecule has 0 bridgehead atoms. The normalized spacial score (nSPS) is 11.7. The molecule has 3 aromatic rings. The van der Waals surface area contributed by atoms with Gasteiger partial charge in [0, 0.05) is 42.3 Å². The van der Waals surface area contributed by atoms with Crippen molar-refractivity contribution in [3.8, 4) is 11.1 Å². The maximum Gasteiger partial charge on any atom is 0.0606 e. The van der Waals surface area contributed by atoms with Gasteiger partial charge >= 0.3 is 0 Å². The van der Waals surface area contributed by atoms with E-state index < -0.39 is 0 Å². The second kappa shape index (κ2) is 13.4. The minimum atomic E-state index is 0.723. The number of nitrogens with zero attached hydrogens (tertiary/aromatic N) is 1. The van der Waals surface area contributed by atoms with Crippen LogP contribution >= 0.6 is 0 Å². The lowest BCUT2D eigenvalue weighted by Gasteiger charge is -2.19. The van der Waals surface area contributed by atoms with Crippen molar-refractivity contribution in [3.63, 3.8) is 0 Å². The predicted molar refractivity (Wildman–Crippen MR) is 167 cm³/mol. The number of likely N-dealkylation sites (N-methyl/N-ethyl adjacent to an activating group) is 1. The number of anilines is 2. The van der Waals surface area contributed by atoms with Crippen molar-refractivity contribution in [2.24, 2.45) is 0 Å². The average Bonchev–Trinajstić information content (AvgIpc) is 2.94. The summed E-state index contributed by atoms with van der Waals surface area (Å²) in [6, 6.07) is 14.9. The van der Waals surface area contributed by atoms with E-state index in [1.807, 2.05) is 25.5 Å². The fourth-order valence-electron chi connectivity index (χ4n) is 4.25. The molecule has 196 valence electrons. The van der Waals surface area contributed by atoms with Gasteiger partial charge in [-0.1, -0.05) is 80.8 Å². The highest BCUT2D eigenvalue weighted by Gasteiger charge is 2.14. The van der Waals surface area contributed by atoms with E-state index in [0.29, 0.717) is 0 Å². The Morgan fingerprint density at radius 3 is 2.37 bits per heavy atom. The summed E-state index contributed by atoms with van der Waals surface area (Å²) in [6.07, 6.45) is 9.95. The SMILES string of the molecule is C=C/C(=C\C(=C/C)c1ccc(NC)c(C(=C)C(=C)Nc2cncc(-c3ccc(C)cc3)c2C)c1)CNCC. The zero-order valence-electron chi connectivity index (χ0n) is 23.4. The quantitative estimate of drug-likeness (QED) is 0.218. The van der Waals surface area contributed by atoms with Gasteiger partial charge in [0.2, 0.25) is 0 Å². The molecule has 0 saturated heterocycles. The Morgan fingerprint density at radius 2 is 1.74 bits per heavy atom. The molecule has 0 radical (unpaired) electrons. The van der Waals surface area contributed by atoms with Crippen LogP contribution in [0.5, 0.6) is 0 Å². The van der Waals surface area contributed by atoms with E-state index in [1.54, 1.807) is 0 Å². The van der Waals surface area contributed by atoms with Crippen molar-refractivity contribution >= 4 is 22.5 Å². The Balaban J connectivity index is 1.91. The number of aromatic nitrogens is 1. The number of hydrogen-bond acceptors (Lipinski definition) is 4. The van der Waals surface area contributed by atoms with Crippen LogP contribution in [0.3, 0.4) is 0 Å². The lowest BCUT2D eigenvalue weighted by molar-refractivity contribution is 0.785. The third-order valence-corrected chi connectivity index (χ3v) is 6.67. The van der Waals surface area contributed by atoms with Crippen LogP contribution in [-0.4, -0.2) is 25.1 Å². The van der Waals surface area contributed by atoms with Crippen LogP contribution in [0.1, 0.15) is 36.1 Å². The molecule has 0 atom stereocenters. The van der Waals surface area contributed by atoms with Crippen molar-refractivity contribution < 1.29 is 0 Å². The zero-order chi connectivity index (χ0) is 27.7. The molecular weight excluding hydrogens is 464 g/mol. The van der Waals surface area contributed by atoms with Gasteiger partial charge in [-0.15, -0.1) is 0 Å². The predicted octanol–water partition coefficient (Wildman–Crippen LogP) is 8.17. The molecular formula is C34H40N4. The molecule has 0 amide bonds. The standard InChI is InChI=1S/C34H40N4/c1-9-27(20-36-11-3)18-28(10-2)30-16-17-33(35-8)31(19-30)24(5)26(7)38-34-22-37-21-32(25(34)6)29-14-12-23(4)13-15-29/h9-10,12-19,21-22,35-36,38H,1,5,7,11,20H2,2-4,6,8H3/b27-18+,28-10+. The summed E-state index contributed by atoms with van der Waals surface area (Å²) in [5.74, 6) is 0. The van der Waals surface area contributed by atoms with Crippen LogP contribution in [-0.2, 0) is 0 Å². The lowest BCUT2D eigenvalue weighted by atomic mass is 9.95. The number of rotatable bonds is 12. The topological polar surface area (TPSA) is 49.0 Å². The first-order valence-electron chi connectivity index (χ1n) is 13.0. The first-order valence-corrected chi connectivity index (χ1v) is 13.0. The van der Waals surface area contributed by atoms with E-state index in [0.717, 1.165) is 74.7 Å². The van der Waals surface area contributed by atoms with Gasteiger partial charge in [0.1, 0.15) is 0 Å². The van der Waals surface area contributed by atoms with E-state index >= 15 is 0 Å². The second-order valence-corrected chi connectivity index (χ2v) is 9.27. The Morgan fingerprint density at radius 1 is 1.00 bits per heavy atom. The highest BCUT2D eigenvalue weighted by molar-refractivity contribution is 5.89. The summed E-state index contributed by atoms with van der Waals surface area (Å²) in [5.41, 5.74) is 12.4. The average molecular weight is 505 g/mol. The van der Waals surface area contributed by atoms with Crippen molar-refractivity contribution in [1.29, 1.82) is 0 Å². The maximum absolute atomic E-state index is 4.50. The maximum atomic E-state index is 4.50. The lowest BCUT2D eigenvalue weighted by Crippen LogP contribution is -2.15. The third-order valence-electron chi connectivity index (χ3n) is 6.67. The molecule has 1 heterocycles. The van der Waals surface area contributed by atoms with E-state index in [2.05, 4.69) is 123 Å². The highest BCUT2D eigenvalue weighted by Crippen LogP contribution is 2.34. The van der Waals surface area contributed by atoms with Crippen LogP contribution in [0.4, 0.5) is 11.4 Å². The number of benzene rings is 2. The molecule has 2 aromatic carbocycles. The van der Waals surface area contributed by atoms with Gasteiger partial charge in [0.15, 0.2) is 0 Å². The highest BCUT2D eigenvalue weighted by atomic mass is 14.9. The van der Waals surface area contributed by atoms with Crippen LogP contribution in [0.2, 0.25) is 0 Å².